The van der Waals surface area contributed by atoms with Crippen molar-refractivity contribution >= 4 is 17.0 Å². The minimum absolute atomic E-state index is 0.195. The summed E-state index contributed by atoms with van der Waals surface area (Å²) in [6, 6.07) is 10.4. The fraction of sp³-hybridized carbons (Fsp3) is 0.385. The average molecular weight is 474 g/mol. The Morgan fingerprint density at radius 3 is 2.57 bits per heavy atom. The van der Waals surface area contributed by atoms with Gasteiger partial charge in [-0.1, -0.05) is 24.3 Å². The van der Waals surface area contributed by atoms with Gasteiger partial charge in [-0.25, -0.2) is 9.37 Å². The van der Waals surface area contributed by atoms with Gasteiger partial charge in [-0.05, 0) is 61.9 Å². The molecular weight excluding hydrogens is 445 g/mol. The highest BCUT2D eigenvalue weighted by Crippen LogP contribution is 2.39. The number of pyridine rings is 1. The van der Waals surface area contributed by atoms with E-state index in [1.165, 1.54) is 43.8 Å². The summed E-state index contributed by atoms with van der Waals surface area (Å²) in [4.78, 5) is 20.1. The van der Waals surface area contributed by atoms with Crippen molar-refractivity contribution in [3.63, 3.8) is 0 Å². The van der Waals surface area contributed by atoms with Gasteiger partial charge in [-0.15, -0.1) is 0 Å². The highest BCUT2D eigenvalue weighted by molar-refractivity contribution is 5.85. The lowest BCUT2D eigenvalue weighted by Gasteiger charge is -2.45. The summed E-state index contributed by atoms with van der Waals surface area (Å²) in [5.74, 6) is 1.71. The van der Waals surface area contributed by atoms with Crippen molar-refractivity contribution in [1.82, 2.24) is 29.4 Å². The summed E-state index contributed by atoms with van der Waals surface area (Å²) in [5, 5.41) is 0. The Morgan fingerprint density at radius 1 is 1.09 bits per heavy atom. The number of fused-ring (bicyclic) bond motifs is 4. The van der Waals surface area contributed by atoms with Gasteiger partial charge in [-0.3, -0.25) is 4.98 Å². The van der Waals surface area contributed by atoms with Gasteiger partial charge in [0.15, 0.2) is 17.0 Å². The highest BCUT2D eigenvalue weighted by Gasteiger charge is 2.34. The van der Waals surface area contributed by atoms with Crippen LogP contribution in [-0.4, -0.2) is 55.6 Å². The van der Waals surface area contributed by atoms with Crippen LogP contribution in [0, 0.1) is 11.7 Å². The normalized spacial score (nSPS) is 21.5. The van der Waals surface area contributed by atoms with E-state index in [0.717, 1.165) is 18.0 Å². The molecule has 3 aromatic heterocycles. The van der Waals surface area contributed by atoms with Gasteiger partial charge in [-0.2, -0.15) is 9.97 Å². The van der Waals surface area contributed by atoms with E-state index in [1.807, 2.05) is 11.5 Å². The topological polar surface area (TPSA) is 95.0 Å². The Bertz CT molecular complexity index is 1360. The molecule has 3 saturated heterocycles. The third-order valence-electron chi connectivity index (χ3n) is 7.24. The number of hydrogen-bond acceptors (Lipinski definition) is 7. The van der Waals surface area contributed by atoms with E-state index in [9.17, 15) is 4.39 Å². The second-order valence-electron chi connectivity index (χ2n) is 9.40. The van der Waals surface area contributed by atoms with Gasteiger partial charge >= 0.3 is 6.01 Å². The minimum Gasteiger partial charge on any atom is -0.464 e. The van der Waals surface area contributed by atoms with Gasteiger partial charge in [0.05, 0.1) is 19.3 Å². The van der Waals surface area contributed by atoms with Gasteiger partial charge < -0.3 is 19.9 Å². The van der Waals surface area contributed by atoms with Crippen LogP contribution in [0.2, 0.25) is 0 Å². The SMILES string of the molecule is CCOc1nc(N)c2nc(-c3cncc(F)c3)n(Cc3ccc([C@@H]4CN5CCC4CC5)cc3)c2n1. The van der Waals surface area contributed by atoms with Crippen LogP contribution in [0.1, 0.15) is 36.8 Å². The Morgan fingerprint density at radius 2 is 1.89 bits per heavy atom. The third-order valence-corrected chi connectivity index (χ3v) is 7.24. The number of aromatic nitrogens is 5. The second kappa shape index (κ2) is 8.88. The molecule has 4 aromatic rings. The van der Waals surface area contributed by atoms with Crippen molar-refractivity contribution < 1.29 is 9.13 Å². The number of nitrogen functional groups attached to an aromatic ring is 1. The predicted octanol–water partition coefficient (Wildman–Crippen LogP) is 3.87. The Kier molecular flexibility index (Phi) is 5.56. The highest BCUT2D eigenvalue weighted by atomic mass is 19.1. The van der Waals surface area contributed by atoms with Crippen molar-refractivity contribution in [3.05, 3.63) is 59.7 Å². The Hall–Kier alpha value is -3.59. The van der Waals surface area contributed by atoms with E-state index in [4.69, 9.17) is 10.5 Å². The van der Waals surface area contributed by atoms with Crippen LogP contribution in [0.25, 0.3) is 22.6 Å². The molecule has 1 atom stereocenters. The van der Waals surface area contributed by atoms with E-state index in [1.54, 1.807) is 6.20 Å². The van der Waals surface area contributed by atoms with Crippen LogP contribution < -0.4 is 10.5 Å². The summed E-state index contributed by atoms with van der Waals surface area (Å²) >= 11 is 0. The first-order chi connectivity index (χ1) is 17.1. The largest absolute Gasteiger partial charge is 0.464 e. The number of ether oxygens (including phenoxy) is 1. The number of hydrogen-bond donors (Lipinski definition) is 1. The molecule has 9 heteroatoms. The molecule has 8 nitrogen and oxygen atoms in total. The quantitative estimate of drug-likeness (QED) is 0.454. The predicted molar refractivity (Wildman–Crippen MR) is 132 cm³/mol. The Labute approximate surface area is 203 Å². The van der Waals surface area contributed by atoms with Crippen LogP contribution in [0.15, 0.2) is 42.7 Å². The smallest absolute Gasteiger partial charge is 0.320 e. The van der Waals surface area contributed by atoms with Crippen molar-refractivity contribution in [2.45, 2.75) is 32.2 Å². The zero-order valence-corrected chi connectivity index (χ0v) is 19.7. The van der Waals surface area contributed by atoms with E-state index in [-0.39, 0.29) is 11.8 Å². The number of nitrogens with two attached hydrogens (primary N) is 1. The molecule has 35 heavy (non-hydrogen) atoms. The van der Waals surface area contributed by atoms with Gasteiger partial charge in [0.1, 0.15) is 11.6 Å². The van der Waals surface area contributed by atoms with Crippen molar-refractivity contribution in [3.8, 4) is 17.4 Å². The van der Waals surface area contributed by atoms with E-state index >= 15 is 0 Å². The fourth-order valence-corrected chi connectivity index (χ4v) is 5.49. The maximum Gasteiger partial charge on any atom is 0.320 e. The first kappa shape index (κ1) is 21.9. The summed E-state index contributed by atoms with van der Waals surface area (Å²) in [6.07, 6.45) is 5.35. The molecule has 2 bridgehead atoms. The monoisotopic (exact) mass is 473 g/mol. The third kappa shape index (κ3) is 4.10. The minimum atomic E-state index is -0.433. The lowest BCUT2D eigenvalue weighted by molar-refractivity contribution is 0.0871. The van der Waals surface area contributed by atoms with Crippen LogP contribution >= 0.6 is 0 Å². The first-order valence-corrected chi connectivity index (χ1v) is 12.2. The van der Waals surface area contributed by atoms with Crippen molar-refractivity contribution in [1.29, 1.82) is 0 Å². The van der Waals surface area contributed by atoms with Gasteiger partial charge in [0.25, 0.3) is 0 Å². The zero-order chi connectivity index (χ0) is 23.9. The van der Waals surface area contributed by atoms with E-state index < -0.39 is 5.82 Å². The molecule has 0 radical (unpaired) electrons. The van der Waals surface area contributed by atoms with Crippen LogP contribution in [0.4, 0.5) is 10.2 Å². The number of halogens is 1. The molecule has 3 fully saturated rings. The summed E-state index contributed by atoms with van der Waals surface area (Å²) in [6.45, 7) is 6.40. The number of benzene rings is 1. The first-order valence-electron chi connectivity index (χ1n) is 12.2. The maximum atomic E-state index is 14.0. The number of rotatable bonds is 6. The lowest BCUT2D eigenvalue weighted by atomic mass is 9.75. The molecule has 0 aliphatic carbocycles. The number of imidazole rings is 1. The van der Waals surface area contributed by atoms with E-state index in [0.29, 0.717) is 41.6 Å². The average Bonchev–Trinajstić information content (AvgIpc) is 3.24. The van der Waals surface area contributed by atoms with Crippen LogP contribution in [0.5, 0.6) is 6.01 Å². The van der Waals surface area contributed by atoms with Crippen molar-refractivity contribution in [2.75, 3.05) is 32.0 Å². The van der Waals surface area contributed by atoms with Gasteiger partial charge in [0, 0.05) is 18.3 Å². The number of nitrogens with zero attached hydrogens (tertiary/aromatic N) is 6. The summed E-state index contributed by atoms with van der Waals surface area (Å²) < 4.78 is 21.5. The molecule has 0 saturated carbocycles. The molecule has 2 N–H and O–H groups in total. The summed E-state index contributed by atoms with van der Waals surface area (Å²) in [5.41, 5.74) is 10.2. The molecule has 0 amide bonds. The Balaban J connectivity index is 1.39. The van der Waals surface area contributed by atoms with Gasteiger partial charge in [0.2, 0.25) is 0 Å². The second-order valence-corrected chi connectivity index (χ2v) is 9.40. The summed E-state index contributed by atoms with van der Waals surface area (Å²) in [7, 11) is 0. The lowest BCUT2D eigenvalue weighted by Crippen LogP contribution is -2.46. The molecule has 0 spiro atoms. The number of anilines is 1. The molecule has 7 rings (SSSR count). The molecular formula is C26H28FN7O. The molecule has 1 aromatic carbocycles. The molecule has 6 heterocycles. The standard InChI is InChI=1S/C26H28FN7O/c1-2-35-26-31-23(28)22-25(32-26)34(24(30-22)19-11-20(27)13-29-12-19)14-16-3-5-17(6-4-16)21-15-33-9-7-18(21)8-10-33/h3-6,11-13,18,21H,2,7-10,14-15H2,1H3,(H2,28,31,32)/t21-/m0/s1. The fourth-order valence-electron chi connectivity index (χ4n) is 5.49. The molecule has 0 unspecified atom stereocenters. The number of piperidine rings is 3. The van der Waals surface area contributed by atoms with E-state index in [2.05, 4.69) is 49.1 Å². The van der Waals surface area contributed by atoms with Crippen LogP contribution in [-0.2, 0) is 6.54 Å². The maximum absolute atomic E-state index is 14.0. The molecule has 180 valence electrons. The van der Waals surface area contributed by atoms with Crippen molar-refractivity contribution in [2.24, 2.45) is 5.92 Å². The molecule has 3 aliphatic rings. The molecule has 3 aliphatic heterocycles. The zero-order valence-electron chi connectivity index (χ0n) is 19.7. The van der Waals surface area contributed by atoms with Crippen LogP contribution in [0.3, 0.4) is 0 Å².